The number of nitrogens with zero attached hydrogens (tertiary/aromatic N) is 3. The number of benzene rings is 1. The molecule has 2 amide bonds. The van der Waals surface area contributed by atoms with E-state index in [1.165, 1.54) is 0 Å². The van der Waals surface area contributed by atoms with Gasteiger partial charge in [0.2, 0.25) is 0 Å². The summed E-state index contributed by atoms with van der Waals surface area (Å²) in [4.78, 5) is 14.4. The van der Waals surface area contributed by atoms with E-state index in [1.807, 2.05) is 40.0 Å². The van der Waals surface area contributed by atoms with E-state index in [2.05, 4.69) is 34.8 Å². The predicted octanol–water partition coefficient (Wildman–Crippen LogP) is 2.81. The molecule has 1 saturated heterocycles. The molecule has 2 heterocycles. The van der Waals surface area contributed by atoms with Crippen molar-refractivity contribution >= 4 is 11.7 Å². The van der Waals surface area contributed by atoms with Crippen LogP contribution in [0.4, 0.5) is 10.5 Å². The van der Waals surface area contributed by atoms with Crippen LogP contribution < -0.4 is 10.6 Å². The molecular weight excluding hydrogens is 314 g/mol. The van der Waals surface area contributed by atoms with Crippen LogP contribution in [0.5, 0.6) is 0 Å². The summed E-state index contributed by atoms with van der Waals surface area (Å²) in [6, 6.07) is 12.4. The topological polar surface area (TPSA) is 62.2 Å². The van der Waals surface area contributed by atoms with Crippen molar-refractivity contribution in [1.29, 1.82) is 0 Å². The molecule has 0 aliphatic carbocycles. The Kier molecular flexibility index (Phi) is 5.93. The first-order valence-corrected chi connectivity index (χ1v) is 9.02. The quantitative estimate of drug-likeness (QED) is 0.849. The largest absolute Gasteiger partial charge is 0.381 e. The number of piperidine rings is 1. The summed E-state index contributed by atoms with van der Waals surface area (Å²) in [5, 5.41) is 10.8. The fourth-order valence-electron chi connectivity index (χ4n) is 3.22. The normalized spacial score (nSPS) is 18.6. The summed E-state index contributed by atoms with van der Waals surface area (Å²) in [5.74, 6) is 0.340. The number of rotatable bonds is 6. The van der Waals surface area contributed by atoms with E-state index < -0.39 is 0 Å². The maximum absolute atomic E-state index is 12.5. The van der Waals surface area contributed by atoms with Gasteiger partial charge in [-0.2, -0.15) is 5.10 Å². The van der Waals surface area contributed by atoms with Gasteiger partial charge in [0.1, 0.15) is 0 Å². The number of nitrogens with one attached hydrogen (secondary N) is 2. The smallest absolute Gasteiger partial charge is 0.317 e. The van der Waals surface area contributed by atoms with Crippen molar-refractivity contribution in [3.05, 3.63) is 48.8 Å². The van der Waals surface area contributed by atoms with Crippen LogP contribution in [0.3, 0.4) is 0 Å². The molecule has 25 heavy (non-hydrogen) atoms. The summed E-state index contributed by atoms with van der Waals surface area (Å²) in [6.07, 6.45) is 5.84. The lowest BCUT2D eigenvalue weighted by atomic mass is 10.1. The van der Waals surface area contributed by atoms with Crippen LogP contribution in [0.15, 0.2) is 48.8 Å². The average molecular weight is 341 g/mol. The van der Waals surface area contributed by atoms with Crippen LogP contribution in [-0.2, 0) is 6.54 Å². The molecule has 6 nitrogen and oxygen atoms in total. The first kappa shape index (κ1) is 17.3. The predicted molar refractivity (Wildman–Crippen MR) is 99.4 cm³/mol. The van der Waals surface area contributed by atoms with Gasteiger partial charge in [0.25, 0.3) is 0 Å². The van der Waals surface area contributed by atoms with E-state index in [9.17, 15) is 4.79 Å². The second-order valence-corrected chi connectivity index (χ2v) is 6.81. The van der Waals surface area contributed by atoms with Gasteiger partial charge in [0, 0.05) is 50.3 Å². The minimum absolute atomic E-state index is 0.0341. The third-order valence-corrected chi connectivity index (χ3v) is 4.51. The Labute approximate surface area is 149 Å². The van der Waals surface area contributed by atoms with Crippen LogP contribution in [0.1, 0.15) is 19.8 Å². The molecule has 0 spiro atoms. The maximum atomic E-state index is 12.5. The molecule has 3 rings (SSSR count). The van der Waals surface area contributed by atoms with Crippen LogP contribution in [0, 0.1) is 5.92 Å². The Hall–Kier alpha value is -2.50. The highest BCUT2D eigenvalue weighted by atomic mass is 16.2. The molecule has 1 aromatic carbocycles. The second kappa shape index (κ2) is 8.55. The number of urea groups is 1. The van der Waals surface area contributed by atoms with Gasteiger partial charge in [0.15, 0.2) is 0 Å². The van der Waals surface area contributed by atoms with Crippen molar-refractivity contribution in [3.8, 4) is 0 Å². The first-order chi connectivity index (χ1) is 12.2. The lowest BCUT2D eigenvalue weighted by Gasteiger charge is -2.34. The molecule has 0 radical (unpaired) electrons. The number of likely N-dealkylation sites (tertiary alicyclic amines) is 1. The Bertz CT molecular complexity index is 643. The van der Waals surface area contributed by atoms with Crippen molar-refractivity contribution in [2.75, 3.05) is 25.0 Å². The Balaban J connectivity index is 1.43. The lowest BCUT2D eigenvalue weighted by Crippen LogP contribution is -2.49. The van der Waals surface area contributed by atoms with Gasteiger partial charge in [-0.25, -0.2) is 4.79 Å². The van der Waals surface area contributed by atoms with Gasteiger partial charge < -0.3 is 15.5 Å². The van der Waals surface area contributed by atoms with Crippen molar-refractivity contribution in [2.24, 2.45) is 5.92 Å². The maximum Gasteiger partial charge on any atom is 0.317 e. The molecule has 6 heteroatoms. The third-order valence-electron chi connectivity index (χ3n) is 4.51. The van der Waals surface area contributed by atoms with E-state index in [1.54, 1.807) is 6.20 Å². The third kappa shape index (κ3) is 5.24. The van der Waals surface area contributed by atoms with Crippen molar-refractivity contribution in [3.63, 3.8) is 0 Å². The summed E-state index contributed by atoms with van der Waals surface area (Å²) in [6.45, 7) is 5.16. The van der Waals surface area contributed by atoms with Gasteiger partial charge in [0.05, 0.1) is 0 Å². The standard InChI is InChI=1S/C19H27N5O/c1-16(14-24-12-6-10-21-24)13-20-19(25)23-11-5-9-18(15-23)22-17-7-3-2-4-8-17/h2-4,6-8,10,12,16,18,22H,5,9,11,13-15H2,1H3,(H,20,25). The molecule has 1 aliphatic rings. The van der Waals surface area contributed by atoms with Crippen molar-refractivity contribution in [1.82, 2.24) is 20.0 Å². The summed E-state index contributed by atoms with van der Waals surface area (Å²) in [7, 11) is 0. The fraction of sp³-hybridized carbons (Fsp3) is 0.474. The molecule has 2 unspecified atom stereocenters. The molecule has 1 aliphatic heterocycles. The van der Waals surface area contributed by atoms with Gasteiger partial charge in [-0.05, 0) is 37.0 Å². The number of para-hydroxylation sites is 1. The number of amides is 2. The van der Waals surface area contributed by atoms with Gasteiger partial charge in [-0.15, -0.1) is 0 Å². The summed E-state index contributed by atoms with van der Waals surface area (Å²) < 4.78 is 1.90. The average Bonchev–Trinajstić information content (AvgIpc) is 3.14. The van der Waals surface area contributed by atoms with Crippen molar-refractivity contribution in [2.45, 2.75) is 32.4 Å². The number of hydrogen-bond acceptors (Lipinski definition) is 3. The molecule has 1 fully saturated rings. The van der Waals surface area contributed by atoms with E-state index >= 15 is 0 Å². The molecule has 2 atom stereocenters. The molecule has 0 saturated carbocycles. The molecule has 2 N–H and O–H groups in total. The van der Waals surface area contributed by atoms with E-state index in [4.69, 9.17) is 0 Å². The van der Waals surface area contributed by atoms with Crippen LogP contribution >= 0.6 is 0 Å². The number of carbonyl (C=O) groups is 1. The first-order valence-electron chi connectivity index (χ1n) is 9.02. The zero-order valence-corrected chi connectivity index (χ0v) is 14.8. The highest BCUT2D eigenvalue weighted by molar-refractivity contribution is 5.74. The number of carbonyl (C=O) groups excluding carboxylic acids is 1. The van der Waals surface area contributed by atoms with Crippen LogP contribution in [0.2, 0.25) is 0 Å². The van der Waals surface area contributed by atoms with Crippen LogP contribution in [0.25, 0.3) is 0 Å². The van der Waals surface area contributed by atoms with Gasteiger partial charge in [-0.1, -0.05) is 25.1 Å². The van der Waals surface area contributed by atoms with Gasteiger partial charge in [-0.3, -0.25) is 4.68 Å². The van der Waals surface area contributed by atoms with E-state index in [0.717, 1.165) is 38.2 Å². The zero-order chi connectivity index (χ0) is 17.5. The summed E-state index contributed by atoms with van der Waals surface area (Å²) >= 11 is 0. The minimum Gasteiger partial charge on any atom is -0.381 e. The molecule has 2 aromatic rings. The molecular formula is C19H27N5O. The SMILES string of the molecule is CC(CNC(=O)N1CCCC(Nc2ccccc2)C1)Cn1cccn1. The molecule has 0 bridgehead atoms. The van der Waals surface area contributed by atoms with Crippen molar-refractivity contribution < 1.29 is 4.79 Å². The zero-order valence-electron chi connectivity index (χ0n) is 14.8. The van der Waals surface area contributed by atoms with E-state index in [-0.39, 0.29) is 6.03 Å². The highest BCUT2D eigenvalue weighted by Crippen LogP contribution is 2.16. The Morgan fingerprint density at radius 3 is 2.92 bits per heavy atom. The number of aromatic nitrogens is 2. The van der Waals surface area contributed by atoms with Gasteiger partial charge >= 0.3 is 6.03 Å². The fourth-order valence-corrected chi connectivity index (χ4v) is 3.22. The van der Waals surface area contributed by atoms with Crippen LogP contribution in [-0.4, -0.2) is 46.4 Å². The Morgan fingerprint density at radius 1 is 1.32 bits per heavy atom. The monoisotopic (exact) mass is 341 g/mol. The Morgan fingerprint density at radius 2 is 2.16 bits per heavy atom. The number of hydrogen-bond donors (Lipinski definition) is 2. The minimum atomic E-state index is 0.0341. The lowest BCUT2D eigenvalue weighted by molar-refractivity contribution is 0.180. The highest BCUT2D eigenvalue weighted by Gasteiger charge is 2.23. The summed E-state index contributed by atoms with van der Waals surface area (Å²) in [5.41, 5.74) is 1.11. The second-order valence-electron chi connectivity index (χ2n) is 6.81. The molecule has 1 aromatic heterocycles. The van der Waals surface area contributed by atoms with E-state index in [0.29, 0.717) is 18.5 Å². The molecule has 134 valence electrons. The number of anilines is 1.